The van der Waals surface area contributed by atoms with E-state index in [2.05, 4.69) is 29.4 Å². The van der Waals surface area contributed by atoms with Gasteiger partial charge >= 0.3 is 0 Å². The summed E-state index contributed by atoms with van der Waals surface area (Å²) in [5.41, 5.74) is 1.25. The lowest BCUT2D eigenvalue weighted by molar-refractivity contribution is 0.187. The third kappa shape index (κ3) is 2.36. The molecule has 19 heavy (non-hydrogen) atoms. The number of hydrogen-bond donors (Lipinski definition) is 1. The molecule has 0 radical (unpaired) electrons. The van der Waals surface area contributed by atoms with E-state index in [-0.39, 0.29) is 0 Å². The number of para-hydroxylation sites is 1. The van der Waals surface area contributed by atoms with Crippen LogP contribution >= 0.6 is 0 Å². The zero-order valence-corrected chi connectivity index (χ0v) is 11.3. The van der Waals surface area contributed by atoms with Crippen LogP contribution in [-0.2, 0) is 13.6 Å². The SMILES string of the molecule is CC1COc2ccccc2C1NCc1nccn1C. The second-order valence-electron chi connectivity index (χ2n) is 5.14. The van der Waals surface area contributed by atoms with Gasteiger partial charge in [-0.3, -0.25) is 0 Å². The Balaban J connectivity index is 1.78. The summed E-state index contributed by atoms with van der Waals surface area (Å²) in [5, 5.41) is 3.61. The number of nitrogens with one attached hydrogen (secondary N) is 1. The molecule has 2 heterocycles. The summed E-state index contributed by atoms with van der Waals surface area (Å²) >= 11 is 0. The average molecular weight is 257 g/mol. The molecule has 1 aromatic carbocycles. The molecule has 100 valence electrons. The van der Waals surface area contributed by atoms with Crippen molar-refractivity contribution in [2.75, 3.05) is 6.61 Å². The molecule has 0 saturated carbocycles. The maximum atomic E-state index is 5.77. The minimum atomic E-state index is 0.321. The predicted molar refractivity (Wildman–Crippen MR) is 73.9 cm³/mol. The van der Waals surface area contributed by atoms with Crippen molar-refractivity contribution in [2.45, 2.75) is 19.5 Å². The molecule has 2 atom stereocenters. The smallest absolute Gasteiger partial charge is 0.124 e. The molecule has 0 amide bonds. The highest BCUT2D eigenvalue weighted by Crippen LogP contribution is 2.34. The maximum absolute atomic E-state index is 5.77. The number of aryl methyl sites for hydroxylation is 1. The van der Waals surface area contributed by atoms with Crippen molar-refractivity contribution < 1.29 is 4.74 Å². The Bertz CT molecular complexity index is 564. The second kappa shape index (κ2) is 5.05. The van der Waals surface area contributed by atoms with Gasteiger partial charge in [0.05, 0.1) is 13.2 Å². The molecule has 4 heteroatoms. The zero-order chi connectivity index (χ0) is 13.2. The molecule has 0 saturated heterocycles. The highest BCUT2D eigenvalue weighted by Gasteiger charge is 2.27. The zero-order valence-electron chi connectivity index (χ0n) is 11.3. The largest absolute Gasteiger partial charge is 0.493 e. The van der Waals surface area contributed by atoms with Crippen molar-refractivity contribution in [3.8, 4) is 5.75 Å². The highest BCUT2D eigenvalue weighted by molar-refractivity contribution is 5.37. The molecule has 2 aromatic rings. The predicted octanol–water partition coefficient (Wildman–Crippen LogP) is 2.28. The van der Waals surface area contributed by atoms with Crippen LogP contribution in [0.2, 0.25) is 0 Å². The lowest BCUT2D eigenvalue weighted by Gasteiger charge is -2.32. The van der Waals surface area contributed by atoms with Gasteiger partial charge in [-0.2, -0.15) is 0 Å². The molecule has 1 aliphatic rings. The van der Waals surface area contributed by atoms with Crippen molar-refractivity contribution in [3.63, 3.8) is 0 Å². The van der Waals surface area contributed by atoms with Crippen LogP contribution in [0.5, 0.6) is 5.75 Å². The Kier molecular flexibility index (Phi) is 3.25. The van der Waals surface area contributed by atoms with Gasteiger partial charge in [0.15, 0.2) is 0 Å². The Hall–Kier alpha value is -1.81. The standard InChI is InChI=1S/C15H19N3O/c1-11-10-19-13-6-4-3-5-12(13)15(11)17-9-14-16-7-8-18(14)2/h3-8,11,15,17H,9-10H2,1-2H3. The first-order chi connectivity index (χ1) is 9.25. The summed E-state index contributed by atoms with van der Waals surface area (Å²) in [6.45, 7) is 3.74. The lowest BCUT2D eigenvalue weighted by atomic mass is 9.92. The van der Waals surface area contributed by atoms with E-state index in [1.54, 1.807) is 0 Å². The second-order valence-corrected chi connectivity index (χ2v) is 5.14. The Morgan fingerprint density at radius 3 is 3.05 bits per heavy atom. The molecule has 1 N–H and O–H groups in total. The molecule has 0 aliphatic carbocycles. The van der Waals surface area contributed by atoms with Gasteiger partial charge in [0.2, 0.25) is 0 Å². The lowest BCUT2D eigenvalue weighted by Crippen LogP contribution is -2.34. The fraction of sp³-hybridized carbons (Fsp3) is 0.400. The Morgan fingerprint density at radius 1 is 1.42 bits per heavy atom. The molecule has 0 spiro atoms. The number of nitrogens with zero attached hydrogens (tertiary/aromatic N) is 2. The van der Waals surface area contributed by atoms with Crippen LogP contribution in [-0.4, -0.2) is 16.2 Å². The van der Waals surface area contributed by atoms with Crippen LogP contribution < -0.4 is 10.1 Å². The van der Waals surface area contributed by atoms with Gasteiger partial charge in [-0.25, -0.2) is 4.98 Å². The highest BCUT2D eigenvalue weighted by atomic mass is 16.5. The van der Waals surface area contributed by atoms with E-state index < -0.39 is 0 Å². The summed E-state index contributed by atoms with van der Waals surface area (Å²) < 4.78 is 7.81. The number of imidazole rings is 1. The minimum Gasteiger partial charge on any atom is -0.493 e. The molecule has 0 bridgehead atoms. The summed E-state index contributed by atoms with van der Waals surface area (Å²) in [4.78, 5) is 4.35. The van der Waals surface area contributed by atoms with Crippen molar-refractivity contribution >= 4 is 0 Å². The van der Waals surface area contributed by atoms with Crippen LogP contribution in [0, 0.1) is 5.92 Å². The molecule has 2 unspecified atom stereocenters. The molecule has 1 aromatic heterocycles. The number of fused-ring (bicyclic) bond motifs is 1. The Morgan fingerprint density at radius 2 is 2.26 bits per heavy atom. The van der Waals surface area contributed by atoms with E-state index >= 15 is 0 Å². The van der Waals surface area contributed by atoms with E-state index in [9.17, 15) is 0 Å². The summed E-state index contributed by atoms with van der Waals surface area (Å²) in [6, 6.07) is 8.58. The van der Waals surface area contributed by atoms with E-state index in [1.807, 2.05) is 36.1 Å². The summed E-state index contributed by atoms with van der Waals surface area (Å²) in [7, 11) is 2.02. The van der Waals surface area contributed by atoms with Gasteiger partial charge in [0.25, 0.3) is 0 Å². The molecule has 0 fully saturated rings. The number of rotatable bonds is 3. The number of ether oxygens (including phenoxy) is 1. The van der Waals surface area contributed by atoms with Crippen molar-refractivity contribution in [1.29, 1.82) is 0 Å². The van der Waals surface area contributed by atoms with Gasteiger partial charge < -0.3 is 14.6 Å². The first-order valence-corrected chi connectivity index (χ1v) is 6.67. The van der Waals surface area contributed by atoms with E-state index in [4.69, 9.17) is 4.74 Å². The number of aromatic nitrogens is 2. The van der Waals surface area contributed by atoms with Crippen LogP contribution in [0.25, 0.3) is 0 Å². The number of hydrogen-bond acceptors (Lipinski definition) is 3. The van der Waals surface area contributed by atoms with Gasteiger partial charge in [0, 0.05) is 37.0 Å². The summed E-state index contributed by atoms with van der Waals surface area (Å²) in [6.07, 6.45) is 3.80. The van der Waals surface area contributed by atoms with Gasteiger partial charge in [-0.05, 0) is 6.07 Å². The number of benzene rings is 1. The van der Waals surface area contributed by atoms with E-state index in [1.165, 1.54) is 5.56 Å². The fourth-order valence-corrected chi connectivity index (χ4v) is 2.57. The molecular weight excluding hydrogens is 238 g/mol. The van der Waals surface area contributed by atoms with Crippen LogP contribution in [0.3, 0.4) is 0 Å². The van der Waals surface area contributed by atoms with E-state index in [0.717, 1.165) is 24.7 Å². The van der Waals surface area contributed by atoms with Gasteiger partial charge in [0.1, 0.15) is 11.6 Å². The van der Waals surface area contributed by atoms with E-state index in [0.29, 0.717) is 12.0 Å². The quantitative estimate of drug-likeness (QED) is 0.917. The van der Waals surface area contributed by atoms with Crippen LogP contribution in [0.15, 0.2) is 36.7 Å². The van der Waals surface area contributed by atoms with Crippen molar-refractivity contribution in [1.82, 2.24) is 14.9 Å². The van der Waals surface area contributed by atoms with Gasteiger partial charge in [-0.15, -0.1) is 0 Å². The Labute approximate surface area is 113 Å². The molecular formula is C15H19N3O. The molecule has 1 aliphatic heterocycles. The average Bonchev–Trinajstić information content (AvgIpc) is 2.83. The molecule has 3 rings (SSSR count). The monoisotopic (exact) mass is 257 g/mol. The van der Waals surface area contributed by atoms with Crippen LogP contribution in [0.4, 0.5) is 0 Å². The third-order valence-corrected chi connectivity index (χ3v) is 3.73. The van der Waals surface area contributed by atoms with Gasteiger partial charge in [-0.1, -0.05) is 25.1 Å². The third-order valence-electron chi connectivity index (χ3n) is 3.73. The normalized spacial score (nSPS) is 21.8. The minimum absolute atomic E-state index is 0.321. The first kappa shape index (κ1) is 12.2. The van der Waals surface area contributed by atoms with Crippen LogP contribution in [0.1, 0.15) is 24.4 Å². The van der Waals surface area contributed by atoms with Crippen molar-refractivity contribution in [2.24, 2.45) is 13.0 Å². The first-order valence-electron chi connectivity index (χ1n) is 6.67. The summed E-state index contributed by atoms with van der Waals surface area (Å²) in [5.74, 6) is 2.50. The maximum Gasteiger partial charge on any atom is 0.124 e. The molecule has 4 nitrogen and oxygen atoms in total. The fourth-order valence-electron chi connectivity index (χ4n) is 2.57. The topological polar surface area (TPSA) is 39.1 Å². The van der Waals surface area contributed by atoms with Crippen molar-refractivity contribution in [3.05, 3.63) is 48.0 Å².